The highest BCUT2D eigenvalue weighted by Crippen LogP contribution is 2.14. The molecule has 1 N–H and O–H groups in total. The predicted molar refractivity (Wildman–Crippen MR) is 61.4 cm³/mol. The summed E-state index contributed by atoms with van der Waals surface area (Å²) in [4.78, 5) is 34.0. The minimum Gasteiger partial charge on any atom is -0.444 e. The van der Waals surface area contributed by atoms with Gasteiger partial charge in [-0.25, -0.2) is 4.79 Å². The quantitative estimate of drug-likeness (QED) is 0.725. The Bertz CT molecular complexity index is 443. The lowest BCUT2D eigenvalue weighted by atomic mass is 10.1. The first kappa shape index (κ1) is 13.4. The lowest BCUT2D eigenvalue weighted by Crippen LogP contribution is -2.35. The summed E-state index contributed by atoms with van der Waals surface area (Å²) >= 11 is 5.47. The molecule has 0 unspecified atom stereocenters. The van der Waals surface area contributed by atoms with Crippen LogP contribution in [0.4, 0.5) is 4.79 Å². The summed E-state index contributed by atoms with van der Waals surface area (Å²) in [5, 5.41) is 2.03. The lowest BCUT2D eigenvalue weighted by Gasteiger charge is -2.20. The number of hydrogen-bond acceptors (Lipinski definition) is 4. The predicted octanol–water partition coefficient (Wildman–Crippen LogP) is 1.67. The molecule has 0 spiro atoms. The number of allylic oxidation sites excluding steroid dienone is 3. The van der Waals surface area contributed by atoms with E-state index in [1.165, 1.54) is 0 Å². The van der Waals surface area contributed by atoms with Crippen molar-refractivity contribution in [3.8, 4) is 0 Å². The molecule has 17 heavy (non-hydrogen) atoms. The van der Waals surface area contributed by atoms with E-state index in [9.17, 15) is 14.4 Å². The van der Waals surface area contributed by atoms with Crippen molar-refractivity contribution >= 4 is 29.3 Å². The molecular formula is C11H12ClNO4. The number of rotatable bonds is 1. The van der Waals surface area contributed by atoms with Gasteiger partial charge < -0.3 is 4.74 Å². The van der Waals surface area contributed by atoms with Gasteiger partial charge in [0, 0.05) is 12.2 Å². The molecule has 0 heterocycles. The van der Waals surface area contributed by atoms with Crippen molar-refractivity contribution in [1.82, 2.24) is 5.32 Å². The van der Waals surface area contributed by atoms with Gasteiger partial charge in [0.25, 0.3) is 0 Å². The van der Waals surface area contributed by atoms with Crippen LogP contribution in [-0.4, -0.2) is 23.3 Å². The van der Waals surface area contributed by atoms with Gasteiger partial charge >= 0.3 is 6.09 Å². The molecule has 1 aliphatic rings. The second-order valence-corrected chi connectivity index (χ2v) is 4.81. The monoisotopic (exact) mass is 257 g/mol. The summed E-state index contributed by atoms with van der Waals surface area (Å²) in [6.07, 6.45) is 1.13. The number of carbonyl (C=O) groups is 3. The van der Waals surface area contributed by atoms with Gasteiger partial charge in [0.05, 0.1) is 10.7 Å². The standard InChI is InChI=1S/C11H12ClNO4/c1-11(2,3)17-10(16)13-7-5-8(14)6(12)4-9(7)15/h4-5H,1-3H3,(H,13,16). The van der Waals surface area contributed by atoms with E-state index in [2.05, 4.69) is 5.32 Å². The summed E-state index contributed by atoms with van der Waals surface area (Å²) in [5.74, 6) is -1.07. The molecule has 0 aromatic heterocycles. The molecule has 0 aromatic rings. The maximum Gasteiger partial charge on any atom is 0.412 e. The van der Waals surface area contributed by atoms with E-state index >= 15 is 0 Å². The van der Waals surface area contributed by atoms with E-state index in [1.54, 1.807) is 20.8 Å². The molecular weight excluding hydrogens is 246 g/mol. The fraction of sp³-hybridized carbons (Fsp3) is 0.364. The summed E-state index contributed by atoms with van der Waals surface area (Å²) < 4.78 is 4.94. The number of ether oxygens (including phenoxy) is 1. The third-order valence-electron chi connectivity index (χ3n) is 1.67. The lowest BCUT2D eigenvalue weighted by molar-refractivity contribution is -0.115. The molecule has 1 rings (SSSR count). The van der Waals surface area contributed by atoms with Crippen molar-refractivity contribution in [3.63, 3.8) is 0 Å². The zero-order valence-corrected chi connectivity index (χ0v) is 10.4. The molecule has 92 valence electrons. The first-order valence-electron chi connectivity index (χ1n) is 4.86. The van der Waals surface area contributed by atoms with Crippen molar-refractivity contribution in [2.75, 3.05) is 0 Å². The van der Waals surface area contributed by atoms with Crippen LogP contribution in [-0.2, 0) is 14.3 Å². The van der Waals surface area contributed by atoms with Gasteiger partial charge in [-0.15, -0.1) is 0 Å². The smallest absolute Gasteiger partial charge is 0.412 e. The Hall–Kier alpha value is -1.62. The number of amides is 1. The van der Waals surface area contributed by atoms with Crippen molar-refractivity contribution in [1.29, 1.82) is 0 Å². The Kier molecular flexibility index (Phi) is 3.72. The van der Waals surface area contributed by atoms with Crippen molar-refractivity contribution in [3.05, 3.63) is 22.9 Å². The maximum atomic E-state index is 11.4. The van der Waals surface area contributed by atoms with Crippen molar-refractivity contribution in [2.24, 2.45) is 0 Å². The van der Waals surface area contributed by atoms with Crippen LogP contribution in [0.1, 0.15) is 20.8 Å². The zero-order chi connectivity index (χ0) is 13.2. The van der Waals surface area contributed by atoms with E-state index in [0.29, 0.717) is 0 Å². The number of alkyl carbamates (subject to hydrolysis) is 1. The summed E-state index contributed by atoms with van der Waals surface area (Å²) in [7, 11) is 0. The SMILES string of the molecule is CC(C)(C)OC(=O)NC1=CC(=O)C(Cl)=CC1=O. The Morgan fingerprint density at radius 1 is 1.24 bits per heavy atom. The molecule has 1 amide bonds. The third-order valence-corrected chi connectivity index (χ3v) is 1.97. The molecule has 1 aliphatic carbocycles. The fourth-order valence-corrected chi connectivity index (χ4v) is 1.20. The topological polar surface area (TPSA) is 72.5 Å². The number of carbonyl (C=O) groups excluding carboxylic acids is 3. The van der Waals surface area contributed by atoms with E-state index in [1.807, 2.05) is 0 Å². The highest BCUT2D eigenvalue weighted by atomic mass is 35.5. The summed E-state index contributed by atoms with van der Waals surface area (Å²) in [6, 6.07) is 0. The van der Waals surface area contributed by atoms with Gasteiger partial charge in [-0.05, 0) is 20.8 Å². The summed E-state index contributed by atoms with van der Waals surface area (Å²) in [6.45, 7) is 5.06. The van der Waals surface area contributed by atoms with Crippen LogP contribution in [0.2, 0.25) is 0 Å². The van der Waals surface area contributed by atoms with E-state index in [4.69, 9.17) is 16.3 Å². The average Bonchev–Trinajstić information content (AvgIpc) is 2.11. The molecule has 0 saturated heterocycles. The van der Waals surface area contributed by atoms with Crippen LogP contribution in [0, 0.1) is 0 Å². The van der Waals surface area contributed by atoms with Crippen LogP contribution >= 0.6 is 11.6 Å². The highest BCUT2D eigenvalue weighted by molar-refractivity contribution is 6.47. The molecule has 0 atom stereocenters. The second-order valence-electron chi connectivity index (χ2n) is 4.41. The second kappa shape index (κ2) is 4.71. The zero-order valence-electron chi connectivity index (χ0n) is 9.67. The Labute approximate surface area is 103 Å². The van der Waals surface area contributed by atoms with Crippen molar-refractivity contribution in [2.45, 2.75) is 26.4 Å². The molecule has 0 fully saturated rings. The number of halogens is 1. The van der Waals surface area contributed by atoms with Gasteiger partial charge in [0.15, 0.2) is 5.78 Å². The summed E-state index contributed by atoms with van der Waals surface area (Å²) in [5.41, 5.74) is -0.825. The minimum absolute atomic E-state index is 0.145. The molecule has 0 saturated carbocycles. The van der Waals surface area contributed by atoms with E-state index in [0.717, 1.165) is 12.2 Å². The number of nitrogens with one attached hydrogen (secondary N) is 1. The van der Waals surface area contributed by atoms with Crippen LogP contribution in [0.15, 0.2) is 22.9 Å². The Morgan fingerprint density at radius 3 is 2.35 bits per heavy atom. The molecule has 0 aliphatic heterocycles. The van der Waals surface area contributed by atoms with Gasteiger partial charge in [-0.3, -0.25) is 14.9 Å². The average molecular weight is 258 g/mol. The Balaban J connectivity index is 2.71. The fourth-order valence-electron chi connectivity index (χ4n) is 1.05. The highest BCUT2D eigenvalue weighted by Gasteiger charge is 2.23. The first-order valence-corrected chi connectivity index (χ1v) is 5.24. The number of hydrogen-bond donors (Lipinski definition) is 1. The minimum atomic E-state index is -0.795. The third kappa shape index (κ3) is 4.03. The van der Waals surface area contributed by atoms with Gasteiger partial charge in [-0.2, -0.15) is 0 Å². The Morgan fingerprint density at radius 2 is 1.82 bits per heavy atom. The molecule has 6 heteroatoms. The van der Waals surface area contributed by atoms with E-state index in [-0.39, 0.29) is 10.7 Å². The van der Waals surface area contributed by atoms with E-state index < -0.39 is 23.3 Å². The largest absolute Gasteiger partial charge is 0.444 e. The van der Waals surface area contributed by atoms with Gasteiger partial charge in [0.2, 0.25) is 5.78 Å². The maximum absolute atomic E-state index is 11.4. The molecule has 0 aromatic carbocycles. The van der Waals surface area contributed by atoms with Crippen molar-refractivity contribution < 1.29 is 19.1 Å². The molecule has 0 bridgehead atoms. The number of ketones is 2. The molecule has 0 radical (unpaired) electrons. The van der Waals surface area contributed by atoms with Crippen LogP contribution in [0.25, 0.3) is 0 Å². The van der Waals surface area contributed by atoms with Crippen LogP contribution in [0.5, 0.6) is 0 Å². The first-order chi connectivity index (χ1) is 7.69. The normalized spacial score (nSPS) is 16.2. The van der Waals surface area contributed by atoms with Gasteiger partial charge in [0.1, 0.15) is 5.60 Å². The van der Waals surface area contributed by atoms with Gasteiger partial charge in [-0.1, -0.05) is 11.6 Å². The molecule has 5 nitrogen and oxygen atoms in total. The van der Waals surface area contributed by atoms with Crippen LogP contribution in [0.3, 0.4) is 0 Å². The van der Waals surface area contributed by atoms with Crippen LogP contribution < -0.4 is 5.32 Å².